The average Bonchev–Trinajstić information content (AvgIpc) is 2.75. The van der Waals surface area contributed by atoms with Gasteiger partial charge in [-0.3, -0.25) is 4.90 Å². The summed E-state index contributed by atoms with van der Waals surface area (Å²) in [6.45, 7) is 5.64. The van der Waals surface area contributed by atoms with Gasteiger partial charge in [0, 0.05) is 25.7 Å². The van der Waals surface area contributed by atoms with E-state index in [-0.39, 0.29) is 0 Å². The fourth-order valence-electron chi connectivity index (χ4n) is 2.76. The Morgan fingerprint density at radius 2 is 2.38 bits per heavy atom. The molecule has 3 heteroatoms. The molecule has 76 valence electrons. The number of ether oxygens (including phenoxy) is 1. The van der Waals surface area contributed by atoms with Crippen molar-refractivity contribution >= 4 is 0 Å². The van der Waals surface area contributed by atoms with Gasteiger partial charge in [-0.2, -0.15) is 0 Å². The van der Waals surface area contributed by atoms with Crippen molar-refractivity contribution in [3.05, 3.63) is 0 Å². The van der Waals surface area contributed by atoms with Gasteiger partial charge < -0.3 is 10.1 Å². The molecular formula is C10H20N2O. The molecule has 0 aliphatic carbocycles. The Morgan fingerprint density at radius 1 is 1.46 bits per heavy atom. The van der Waals surface area contributed by atoms with Gasteiger partial charge in [-0.05, 0) is 32.4 Å². The molecule has 0 aromatic carbocycles. The van der Waals surface area contributed by atoms with Gasteiger partial charge in [-0.15, -0.1) is 0 Å². The minimum absolute atomic E-state index is 0.499. The second-order valence-corrected chi connectivity index (χ2v) is 4.23. The molecule has 2 heterocycles. The molecule has 0 saturated carbocycles. The predicted octanol–water partition coefficient (Wildman–Crippen LogP) is 0.461. The summed E-state index contributed by atoms with van der Waals surface area (Å²) < 4.78 is 5.14. The van der Waals surface area contributed by atoms with Gasteiger partial charge in [0.15, 0.2) is 0 Å². The van der Waals surface area contributed by atoms with E-state index < -0.39 is 0 Å². The van der Waals surface area contributed by atoms with Gasteiger partial charge in [-0.25, -0.2) is 0 Å². The fraction of sp³-hybridized carbons (Fsp3) is 1.00. The highest BCUT2D eigenvalue weighted by atomic mass is 16.5. The van der Waals surface area contributed by atoms with Gasteiger partial charge in [-0.1, -0.05) is 0 Å². The van der Waals surface area contributed by atoms with Crippen LogP contribution in [0, 0.1) is 0 Å². The maximum atomic E-state index is 5.14. The highest BCUT2D eigenvalue weighted by molar-refractivity contribution is 5.01. The van der Waals surface area contributed by atoms with Crippen molar-refractivity contribution < 1.29 is 4.74 Å². The standard InChI is InChI=1S/C10H20N2O/c1-13-8-7-12-6-2-3-10(12)4-5-11-9-10/h11H,2-9H2,1H3. The zero-order valence-electron chi connectivity index (χ0n) is 8.51. The second kappa shape index (κ2) is 3.95. The van der Waals surface area contributed by atoms with Gasteiger partial charge in [0.05, 0.1) is 6.61 Å². The van der Waals surface area contributed by atoms with Crippen LogP contribution in [-0.4, -0.2) is 50.3 Å². The van der Waals surface area contributed by atoms with Crippen LogP contribution in [0.25, 0.3) is 0 Å². The molecule has 2 aliphatic rings. The summed E-state index contributed by atoms with van der Waals surface area (Å²) >= 11 is 0. The lowest BCUT2D eigenvalue weighted by molar-refractivity contribution is 0.100. The van der Waals surface area contributed by atoms with E-state index in [1.807, 2.05) is 0 Å². The topological polar surface area (TPSA) is 24.5 Å². The molecule has 0 amide bonds. The third-order valence-electron chi connectivity index (χ3n) is 3.53. The molecular weight excluding hydrogens is 164 g/mol. The van der Waals surface area contributed by atoms with E-state index in [9.17, 15) is 0 Å². The third kappa shape index (κ3) is 1.73. The van der Waals surface area contributed by atoms with Crippen molar-refractivity contribution in [3.8, 4) is 0 Å². The van der Waals surface area contributed by atoms with E-state index in [1.165, 1.54) is 38.9 Å². The van der Waals surface area contributed by atoms with Crippen LogP contribution in [0.5, 0.6) is 0 Å². The van der Waals surface area contributed by atoms with Crippen molar-refractivity contribution in [1.29, 1.82) is 0 Å². The van der Waals surface area contributed by atoms with E-state index in [2.05, 4.69) is 10.2 Å². The summed E-state index contributed by atoms with van der Waals surface area (Å²) in [6, 6.07) is 0. The molecule has 1 atom stereocenters. The molecule has 0 aromatic heterocycles. The molecule has 1 N–H and O–H groups in total. The predicted molar refractivity (Wildman–Crippen MR) is 52.9 cm³/mol. The lowest BCUT2D eigenvalue weighted by atomic mass is 9.95. The molecule has 2 rings (SSSR count). The van der Waals surface area contributed by atoms with Crippen molar-refractivity contribution in [2.45, 2.75) is 24.8 Å². The van der Waals surface area contributed by atoms with Crippen molar-refractivity contribution in [1.82, 2.24) is 10.2 Å². The van der Waals surface area contributed by atoms with E-state index in [0.717, 1.165) is 13.2 Å². The molecule has 1 spiro atoms. The molecule has 2 saturated heterocycles. The largest absolute Gasteiger partial charge is 0.383 e. The van der Waals surface area contributed by atoms with Crippen LogP contribution in [0.15, 0.2) is 0 Å². The minimum Gasteiger partial charge on any atom is -0.383 e. The minimum atomic E-state index is 0.499. The molecule has 0 radical (unpaired) electrons. The first-order valence-electron chi connectivity index (χ1n) is 5.32. The highest BCUT2D eigenvalue weighted by Crippen LogP contribution is 2.33. The van der Waals surface area contributed by atoms with Gasteiger partial charge >= 0.3 is 0 Å². The van der Waals surface area contributed by atoms with Crippen LogP contribution < -0.4 is 5.32 Å². The normalized spacial score (nSPS) is 34.8. The maximum Gasteiger partial charge on any atom is 0.0589 e. The van der Waals surface area contributed by atoms with Gasteiger partial charge in [0.2, 0.25) is 0 Å². The van der Waals surface area contributed by atoms with Crippen LogP contribution in [0.2, 0.25) is 0 Å². The highest BCUT2D eigenvalue weighted by Gasteiger charge is 2.42. The Labute approximate surface area is 80.4 Å². The van der Waals surface area contributed by atoms with Crippen LogP contribution >= 0.6 is 0 Å². The van der Waals surface area contributed by atoms with Crippen molar-refractivity contribution in [2.24, 2.45) is 0 Å². The van der Waals surface area contributed by atoms with Gasteiger partial charge in [0.1, 0.15) is 0 Å². The summed E-state index contributed by atoms with van der Waals surface area (Å²) in [5, 5.41) is 3.48. The summed E-state index contributed by atoms with van der Waals surface area (Å²) in [5.74, 6) is 0. The monoisotopic (exact) mass is 184 g/mol. The molecule has 2 aliphatic heterocycles. The number of hydrogen-bond donors (Lipinski definition) is 1. The van der Waals surface area contributed by atoms with E-state index >= 15 is 0 Å². The summed E-state index contributed by atoms with van der Waals surface area (Å²) in [7, 11) is 1.79. The summed E-state index contributed by atoms with van der Waals surface area (Å²) in [4.78, 5) is 2.62. The smallest absolute Gasteiger partial charge is 0.0589 e. The molecule has 0 aromatic rings. The van der Waals surface area contributed by atoms with Crippen molar-refractivity contribution in [3.63, 3.8) is 0 Å². The molecule has 13 heavy (non-hydrogen) atoms. The van der Waals surface area contributed by atoms with Crippen molar-refractivity contribution in [2.75, 3.05) is 39.9 Å². The van der Waals surface area contributed by atoms with Crippen LogP contribution in [0.4, 0.5) is 0 Å². The zero-order chi connectivity index (χ0) is 9.15. The maximum absolute atomic E-state index is 5.14. The van der Waals surface area contributed by atoms with E-state index in [1.54, 1.807) is 7.11 Å². The first-order valence-corrected chi connectivity index (χ1v) is 5.32. The Balaban J connectivity index is 1.93. The Kier molecular flexibility index (Phi) is 2.86. The second-order valence-electron chi connectivity index (χ2n) is 4.23. The Morgan fingerprint density at radius 3 is 3.08 bits per heavy atom. The first kappa shape index (κ1) is 9.44. The number of likely N-dealkylation sites (tertiary alicyclic amines) is 1. The fourth-order valence-corrected chi connectivity index (χ4v) is 2.76. The zero-order valence-corrected chi connectivity index (χ0v) is 8.51. The lowest BCUT2D eigenvalue weighted by Crippen LogP contribution is -2.46. The Bertz CT molecular complexity index is 161. The molecule has 2 fully saturated rings. The first-order chi connectivity index (χ1) is 6.37. The summed E-state index contributed by atoms with van der Waals surface area (Å²) in [5.41, 5.74) is 0.499. The number of methoxy groups -OCH3 is 1. The molecule has 3 nitrogen and oxygen atoms in total. The number of nitrogens with one attached hydrogen (secondary N) is 1. The van der Waals surface area contributed by atoms with E-state index in [0.29, 0.717) is 5.54 Å². The number of rotatable bonds is 3. The quantitative estimate of drug-likeness (QED) is 0.689. The van der Waals surface area contributed by atoms with E-state index in [4.69, 9.17) is 4.74 Å². The lowest BCUT2D eigenvalue weighted by Gasteiger charge is -2.34. The molecule has 1 unspecified atom stereocenters. The van der Waals surface area contributed by atoms with Gasteiger partial charge in [0.25, 0.3) is 0 Å². The van der Waals surface area contributed by atoms with Crippen LogP contribution in [0.1, 0.15) is 19.3 Å². The van der Waals surface area contributed by atoms with Crippen LogP contribution in [-0.2, 0) is 4.74 Å². The average molecular weight is 184 g/mol. The summed E-state index contributed by atoms with van der Waals surface area (Å²) in [6.07, 6.45) is 4.08. The SMILES string of the molecule is COCCN1CCCC12CCNC2. The molecule has 0 bridgehead atoms. The Hall–Kier alpha value is -0.120. The van der Waals surface area contributed by atoms with Crippen LogP contribution in [0.3, 0.4) is 0 Å². The number of hydrogen-bond acceptors (Lipinski definition) is 3. The number of nitrogens with zero attached hydrogens (tertiary/aromatic N) is 1. The third-order valence-corrected chi connectivity index (χ3v) is 3.53.